The molecule has 0 spiro atoms. The number of carboxylic acid groups (broad SMARTS) is 4. The third-order valence-electron chi connectivity index (χ3n) is 0. The summed E-state index contributed by atoms with van der Waals surface area (Å²) in [6.45, 7) is 3.89. The van der Waals surface area contributed by atoms with Crippen LogP contribution < -0.4 is 20.4 Å². The second kappa shape index (κ2) is 30.8. The van der Waals surface area contributed by atoms with Gasteiger partial charge in [0.25, 0.3) is 0 Å². The Morgan fingerprint density at radius 1 is 0.500 bits per heavy atom. The fourth-order valence-corrected chi connectivity index (χ4v) is 0. The van der Waals surface area contributed by atoms with E-state index >= 15 is 0 Å². The molecule has 0 saturated heterocycles. The largest absolute Gasteiger partial charge is 2.00 e. The van der Waals surface area contributed by atoms with E-state index in [1.165, 1.54) is 0 Å². The van der Waals surface area contributed by atoms with Gasteiger partial charge in [-0.2, -0.15) is 0 Å². The summed E-state index contributed by atoms with van der Waals surface area (Å²) in [5.41, 5.74) is 0. The molecule has 0 saturated carbocycles. The summed E-state index contributed by atoms with van der Waals surface area (Å²) in [6, 6.07) is 0. The molecule has 0 radical (unpaired) electrons. The van der Waals surface area contributed by atoms with Gasteiger partial charge in [-0.15, -0.1) is 0 Å². The number of aliphatic carboxylic acids is 4. The average molecular weight is 511 g/mol. The average Bonchev–Trinajstić information content (AvgIpc) is 1.76. The van der Waals surface area contributed by atoms with E-state index in [1.807, 2.05) is 0 Å². The monoisotopic (exact) mass is 512 g/mol. The molecule has 0 aromatic carbocycles. The molecule has 18 heavy (non-hydrogen) atoms. The van der Waals surface area contributed by atoms with Gasteiger partial charge in [-0.3, -0.25) is 0 Å². The van der Waals surface area contributed by atoms with Crippen LogP contribution >= 0.6 is 0 Å². The van der Waals surface area contributed by atoms with Crippen molar-refractivity contribution in [3.63, 3.8) is 0 Å². The normalized spacial score (nSPS) is 5.56. The van der Waals surface area contributed by atoms with Crippen molar-refractivity contribution in [2.75, 3.05) is 0 Å². The third kappa shape index (κ3) is 4180. The summed E-state index contributed by atoms with van der Waals surface area (Å²) >= 11 is 0. The number of hydrogen-bond donors (Lipinski definition) is 0. The molecule has 10 heteroatoms. The molecule has 0 amide bonds. The molecule has 0 aromatic rings. The summed E-state index contributed by atoms with van der Waals surface area (Å²) in [4.78, 5) is 35.6. The SMILES string of the molecule is CC(=O)[O-].CC(=O)[O-].CC(=O)[O-].CC(=O)[O-].[Ba+2].[Ba+2]. The molecule has 0 aliphatic heterocycles. The number of rotatable bonds is 0. The molecule has 0 aromatic heterocycles. The van der Waals surface area contributed by atoms with Gasteiger partial charge in [-0.1, -0.05) is 0 Å². The molecule has 0 unspecified atom stereocenters. The zero-order chi connectivity index (χ0) is 14.3. The number of carboxylic acids is 4. The van der Waals surface area contributed by atoms with E-state index in [2.05, 4.69) is 0 Å². The molecule has 0 aliphatic rings. The van der Waals surface area contributed by atoms with Crippen molar-refractivity contribution >= 4 is 122 Å². The fraction of sp³-hybridized carbons (Fsp3) is 0.500. The van der Waals surface area contributed by atoms with Gasteiger partial charge >= 0.3 is 97.8 Å². The van der Waals surface area contributed by atoms with Crippen LogP contribution in [0.25, 0.3) is 0 Å². The smallest absolute Gasteiger partial charge is 0.550 e. The first-order chi connectivity index (χ1) is 6.93. The van der Waals surface area contributed by atoms with Crippen LogP contribution in [-0.4, -0.2) is 122 Å². The Bertz CT molecular complexity index is 165. The molecular weight excluding hydrogens is 499 g/mol. The fourth-order valence-electron chi connectivity index (χ4n) is 0. The summed E-state index contributed by atoms with van der Waals surface area (Å²) in [6.07, 6.45) is 0. The Hall–Kier alpha value is 1.02. The van der Waals surface area contributed by atoms with Crippen molar-refractivity contribution in [2.45, 2.75) is 27.7 Å². The van der Waals surface area contributed by atoms with E-state index in [9.17, 15) is 0 Å². The molecule has 0 heterocycles. The molecule has 0 atom stereocenters. The summed E-state index contributed by atoms with van der Waals surface area (Å²) in [5.74, 6) is -4.33. The van der Waals surface area contributed by atoms with Crippen LogP contribution in [0, 0.1) is 0 Å². The van der Waals surface area contributed by atoms with Gasteiger partial charge in [-0.25, -0.2) is 0 Å². The number of carbonyl (C=O) groups is 4. The molecule has 0 rings (SSSR count). The van der Waals surface area contributed by atoms with Crippen LogP contribution in [-0.2, 0) is 19.2 Å². The zero-order valence-corrected chi connectivity index (χ0v) is 19.6. The Morgan fingerprint density at radius 3 is 0.500 bits per heavy atom. The Balaban J connectivity index is -0.0000000257. The van der Waals surface area contributed by atoms with Crippen molar-refractivity contribution < 1.29 is 39.6 Å². The molecular formula is C8H12Ba2O8. The van der Waals surface area contributed by atoms with E-state index in [-0.39, 0.29) is 97.8 Å². The molecule has 8 nitrogen and oxygen atoms in total. The molecule has 0 aliphatic carbocycles. The zero-order valence-electron chi connectivity index (χ0n) is 10.7. The second-order valence-corrected chi connectivity index (χ2v) is 1.97. The predicted molar refractivity (Wildman–Crippen MR) is 54.2 cm³/mol. The quantitative estimate of drug-likeness (QED) is 0.291. The molecule has 0 N–H and O–H groups in total. The Kier molecular flexibility index (Phi) is 62.3. The maximum atomic E-state index is 8.89. The van der Waals surface area contributed by atoms with Gasteiger partial charge in [0.15, 0.2) is 0 Å². The van der Waals surface area contributed by atoms with E-state index in [1.54, 1.807) is 0 Å². The van der Waals surface area contributed by atoms with E-state index < -0.39 is 23.9 Å². The van der Waals surface area contributed by atoms with Crippen molar-refractivity contribution in [1.82, 2.24) is 0 Å². The van der Waals surface area contributed by atoms with Crippen LogP contribution in [0.2, 0.25) is 0 Å². The van der Waals surface area contributed by atoms with Crippen LogP contribution in [0.5, 0.6) is 0 Å². The Labute approximate surface area is 185 Å². The number of hydrogen-bond acceptors (Lipinski definition) is 8. The third-order valence-corrected chi connectivity index (χ3v) is 0. The standard InChI is InChI=1S/4C2H4O2.2Ba/c4*1-2(3)4;;/h4*1H3,(H,3,4);;/q;;;;2*+2/p-4. The van der Waals surface area contributed by atoms with Gasteiger partial charge in [-0.05, 0) is 27.7 Å². The van der Waals surface area contributed by atoms with Crippen LogP contribution in [0.1, 0.15) is 27.7 Å². The van der Waals surface area contributed by atoms with Gasteiger partial charge in [0.1, 0.15) is 0 Å². The topological polar surface area (TPSA) is 161 Å². The summed E-state index contributed by atoms with van der Waals surface area (Å²) in [5, 5.41) is 35.6. The van der Waals surface area contributed by atoms with Crippen molar-refractivity contribution in [2.24, 2.45) is 0 Å². The second-order valence-electron chi connectivity index (χ2n) is 1.97. The van der Waals surface area contributed by atoms with Crippen molar-refractivity contribution in [1.29, 1.82) is 0 Å². The van der Waals surface area contributed by atoms with Gasteiger partial charge in [0.05, 0.1) is 0 Å². The predicted octanol–water partition coefficient (Wildman–Crippen LogP) is -5.74. The first kappa shape index (κ1) is 36.4. The first-order valence-electron chi connectivity index (χ1n) is 3.63. The minimum Gasteiger partial charge on any atom is -0.550 e. The summed E-state index contributed by atoms with van der Waals surface area (Å²) < 4.78 is 0. The van der Waals surface area contributed by atoms with Crippen molar-refractivity contribution in [3.8, 4) is 0 Å². The molecule has 96 valence electrons. The first-order valence-corrected chi connectivity index (χ1v) is 3.63. The van der Waals surface area contributed by atoms with Gasteiger partial charge < -0.3 is 39.6 Å². The molecule has 0 bridgehead atoms. The van der Waals surface area contributed by atoms with Crippen LogP contribution in [0.3, 0.4) is 0 Å². The van der Waals surface area contributed by atoms with Crippen molar-refractivity contribution in [3.05, 3.63) is 0 Å². The van der Waals surface area contributed by atoms with E-state index in [0.717, 1.165) is 27.7 Å². The minimum absolute atomic E-state index is 0. The van der Waals surface area contributed by atoms with Crippen LogP contribution in [0.4, 0.5) is 0 Å². The summed E-state index contributed by atoms with van der Waals surface area (Å²) in [7, 11) is 0. The van der Waals surface area contributed by atoms with E-state index in [4.69, 9.17) is 39.6 Å². The maximum absolute atomic E-state index is 8.89. The maximum Gasteiger partial charge on any atom is 2.00 e. The Morgan fingerprint density at radius 2 is 0.500 bits per heavy atom. The molecule has 0 fully saturated rings. The van der Waals surface area contributed by atoms with Gasteiger partial charge in [0, 0.05) is 23.9 Å². The number of carbonyl (C=O) groups excluding carboxylic acids is 4. The van der Waals surface area contributed by atoms with E-state index in [0.29, 0.717) is 0 Å². The van der Waals surface area contributed by atoms with Crippen LogP contribution in [0.15, 0.2) is 0 Å². The van der Waals surface area contributed by atoms with Gasteiger partial charge in [0.2, 0.25) is 0 Å². The minimum atomic E-state index is -1.08.